The van der Waals surface area contributed by atoms with Gasteiger partial charge in [-0.1, -0.05) is 30.7 Å². The Hall–Kier alpha value is 0.01000. The van der Waals surface area contributed by atoms with Crippen LogP contribution >= 0.6 is 34.8 Å². The van der Waals surface area contributed by atoms with Crippen molar-refractivity contribution in [2.45, 2.75) is 42.7 Å². The van der Waals surface area contributed by atoms with E-state index in [-0.39, 0.29) is 17.6 Å². The van der Waals surface area contributed by atoms with Gasteiger partial charge in [0.15, 0.2) is 6.29 Å². The Morgan fingerprint density at radius 2 is 1.95 bits per heavy atom. The minimum Gasteiger partial charge on any atom is -0.353 e. The number of halogens is 3. The summed E-state index contributed by atoms with van der Waals surface area (Å²) in [5.41, 5.74) is 0.796. The molecule has 0 spiro atoms. The van der Waals surface area contributed by atoms with E-state index in [0.717, 1.165) is 31.4 Å². The molecular weight excluding hydrogens is 331 g/mol. The van der Waals surface area contributed by atoms with E-state index in [0.29, 0.717) is 11.6 Å². The molecule has 1 saturated carbocycles. The predicted octanol–water partition coefficient (Wildman–Crippen LogP) is 5.16. The largest absolute Gasteiger partial charge is 0.353 e. The first-order chi connectivity index (χ1) is 9.95. The third-order valence-corrected chi connectivity index (χ3v) is 6.14. The first-order valence-electron chi connectivity index (χ1n) is 7.31. The van der Waals surface area contributed by atoms with Crippen LogP contribution in [-0.2, 0) is 9.47 Å². The minimum absolute atomic E-state index is 0.0502. The Bertz CT molecular complexity index is 497. The van der Waals surface area contributed by atoms with Crippen LogP contribution in [0.15, 0.2) is 24.3 Å². The van der Waals surface area contributed by atoms with Crippen molar-refractivity contribution in [3.05, 3.63) is 34.9 Å². The summed E-state index contributed by atoms with van der Waals surface area (Å²) < 4.78 is 10.7. The van der Waals surface area contributed by atoms with Crippen LogP contribution in [0.4, 0.5) is 0 Å². The second-order valence-electron chi connectivity index (χ2n) is 6.13. The summed E-state index contributed by atoms with van der Waals surface area (Å²) >= 11 is 19.0. The van der Waals surface area contributed by atoms with E-state index in [1.54, 1.807) is 0 Å². The van der Waals surface area contributed by atoms with E-state index < -0.39 is 4.33 Å². The molecule has 1 aliphatic carbocycles. The molecule has 1 saturated heterocycles. The lowest BCUT2D eigenvalue weighted by molar-refractivity contribution is -0.170. The molecule has 3 atom stereocenters. The van der Waals surface area contributed by atoms with Crippen molar-refractivity contribution in [1.29, 1.82) is 0 Å². The lowest BCUT2D eigenvalue weighted by atomic mass is 10.0. The lowest BCUT2D eigenvalue weighted by Crippen LogP contribution is -2.26. The monoisotopic (exact) mass is 348 g/mol. The third kappa shape index (κ3) is 2.94. The van der Waals surface area contributed by atoms with E-state index in [4.69, 9.17) is 44.3 Å². The molecule has 116 valence electrons. The molecule has 3 rings (SSSR count). The fourth-order valence-electron chi connectivity index (χ4n) is 3.10. The van der Waals surface area contributed by atoms with Crippen molar-refractivity contribution < 1.29 is 9.47 Å². The maximum atomic E-state index is 6.52. The van der Waals surface area contributed by atoms with Crippen molar-refractivity contribution in [2.24, 2.45) is 5.41 Å². The van der Waals surface area contributed by atoms with Crippen LogP contribution in [0, 0.1) is 5.41 Å². The Morgan fingerprint density at radius 3 is 2.57 bits per heavy atom. The highest BCUT2D eigenvalue weighted by Crippen LogP contribution is 2.74. The summed E-state index contributed by atoms with van der Waals surface area (Å²) in [4.78, 5) is 0. The molecule has 1 aromatic carbocycles. The molecule has 21 heavy (non-hydrogen) atoms. The standard InChI is InChI=1S/C16H19Cl3O2/c1-15(10-21-13-4-2-3-9-20-13)14(16(15,18)19)11-5-7-12(17)8-6-11/h5-8,13-14H,2-4,9-10H2,1H3/t13?,14-,15-/m0/s1. The van der Waals surface area contributed by atoms with Gasteiger partial charge in [-0.25, -0.2) is 0 Å². The molecule has 0 radical (unpaired) electrons. The van der Waals surface area contributed by atoms with Gasteiger partial charge < -0.3 is 9.47 Å². The van der Waals surface area contributed by atoms with Crippen LogP contribution < -0.4 is 0 Å². The van der Waals surface area contributed by atoms with Crippen LogP contribution in [0.5, 0.6) is 0 Å². The first-order valence-corrected chi connectivity index (χ1v) is 8.45. The van der Waals surface area contributed by atoms with E-state index in [2.05, 4.69) is 6.92 Å². The Morgan fingerprint density at radius 1 is 1.24 bits per heavy atom. The van der Waals surface area contributed by atoms with E-state index in [1.807, 2.05) is 24.3 Å². The molecule has 2 aliphatic rings. The summed E-state index contributed by atoms with van der Waals surface area (Å²) in [6.07, 6.45) is 3.08. The molecule has 0 amide bonds. The number of benzene rings is 1. The van der Waals surface area contributed by atoms with Crippen molar-refractivity contribution in [1.82, 2.24) is 0 Å². The maximum absolute atomic E-state index is 6.52. The van der Waals surface area contributed by atoms with E-state index in [9.17, 15) is 0 Å². The van der Waals surface area contributed by atoms with Crippen LogP contribution in [-0.4, -0.2) is 23.8 Å². The normalized spacial score (nSPS) is 34.7. The molecule has 5 heteroatoms. The quantitative estimate of drug-likeness (QED) is 0.699. The van der Waals surface area contributed by atoms with Gasteiger partial charge in [-0.05, 0) is 37.0 Å². The smallest absolute Gasteiger partial charge is 0.157 e. The highest BCUT2D eigenvalue weighted by atomic mass is 35.5. The number of hydrogen-bond donors (Lipinski definition) is 0. The zero-order valence-electron chi connectivity index (χ0n) is 12.0. The SMILES string of the molecule is C[C@]1(COC2CCCCO2)[C@H](c2ccc(Cl)cc2)C1(Cl)Cl. The molecule has 0 aromatic heterocycles. The number of rotatable bonds is 4. The van der Waals surface area contributed by atoms with Crippen molar-refractivity contribution in [3.63, 3.8) is 0 Å². The summed E-state index contributed by atoms with van der Waals surface area (Å²) in [5.74, 6) is 0.0502. The van der Waals surface area contributed by atoms with Gasteiger partial charge in [0.1, 0.15) is 4.33 Å². The Kier molecular flexibility index (Phi) is 4.46. The molecule has 0 bridgehead atoms. The van der Waals surface area contributed by atoms with Crippen LogP contribution in [0.25, 0.3) is 0 Å². The average molecular weight is 350 g/mol. The van der Waals surface area contributed by atoms with Crippen LogP contribution in [0.3, 0.4) is 0 Å². The zero-order chi connectivity index (χ0) is 15.1. The Balaban J connectivity index is 1.67. The Labute approximate surface area is 140 Å². The fraction of sp³-hybridized carbons (Fsp3) is 0.625. The highest BCUT2D eigenvalue weighted by Gasteiger charge is 2.73. The van der Waals surface area contributed by atoms with Crippen molar-refractivity contribution >= 4 is 34.8 Å². The average Bonchev–Trinajstić information content (AvgIpc) is 2.93. The molecule has 1 heterocycles. The number of hydrogen-bond acceptors (Lipinski definition) is 2. The van der Waals surface area contributed by atoms with Gasteiger partial charge in [0.25, 0.3) is 0 Å². The highest BCUT2D eigenvalue weighted by molar-refractivity contribution is 6.52. The van der Waals surface area contributed by atoms with Gasteiger partial charge in [0.2, 0.25) is 0 Å². The van der Waals surface area contributed by atoms with Gasteiger partial charge in [0, 0.05) is 23.0 Å². The summed E-state index contributed by atoms with van der Waals surface area (Å²) in [6, 6.07) is 7.69. The van der Waals surface area contributed by atoms with Gasteiger partial charge in [-0.3, -0.25) is 0 Å². The number of alkyl halides is 2. The minimum atomic E-state index is -0.810. The van der Waals surface area contributed by atoms with Gasteiger partial charge in [-0.15, -0.1) is 23.2 Å². The zero-order valence-corrected chi connectivity index (χ0v) is 14.2. The molecule has 2 fully saturated rings. The van der Waals surface area contributed by atoms with Gasteiger partial charge in [-0.2, -0.15) is 0 Å². The van der Waals surface area contributed by atoms with E-state index >= 15 is 0 Å². The summed E-state index contributed by atoms with van der Waals surface area (Å²) in [5, 5.41) is 0.711. The number of ether oxygens (including phenoxy) is 2. The van der Waals surface area contributed by atoms with E-state index in [1.165, 1.54) is 0 Å². The molecular formula is C16H19Cl3O2. The first kappa shape index (κ1) is 15.9. The van der Waals surface area contributed by atoms with Crippen LogP contribution in [0.1, 0.15) is 37.7 Å². The molecule has 0 N–H and O–H groups in total. The van der Waals surface area contributed by atoms with Gasteiger partial charge in [0.05, 0.1) is 6.61 Å². The summed E-state index contributed by atoms with van der Waals surface area (Å²) in [6.45, 7) is 3.34. The fourth-order valence-corrected chi connectivity index (χ4v) is 4.18. The second kappa shape index (κ2) is 5.90. The van der Waals surface area contributed by atoms with Gasteiger partial charge >= 0.3 is 0 Å². The lowest BCUT2D eigenvalue weighted by Gasteiger charge is -2.24. The van der Waals surface area contributed by atoms with Crippen molar-refractivity contribution in [2.75, 3.05) is 13.2 Å². The molecule has 1 aromatic rings. The maximum Gasteiger partial charge on any atom is 0.157 e. The van der Waals surface area contributed by atoms with Crippen molar-refractivity contribution in [3.8, 4) is 0 Å². The molecule has 1 unspecified atom stereocenters. The topological polar surface area (TPSA) is 18.5 Å². The molecule has 2 nitrogen and oxygen atoms in total. The predicted molar refractivity (Wildman–Crippen MR) is 86.3 cm³/mol. The van der Waals surface area contributed by atoms with Crippen LogP contribution in [0.2, 0.25) is 5.02 Å². The second-order valence-corrected chi connectivity index (χ2v) is 7.95. The molecule has 1 aliphatic heterocycles. The summed E-state index contributed by atoms with van der Waals surface area (Å²) in [7, 11) is 0. The third-order valence-electron chi connectivity index (χ3n) is 4.59.